The second-order valence-corrected chi connectivity index (χ2v) is 5.63. The van der Waals surface area contributed by atoms with Gasteiger partial charge in [0.15, 0.2) is 0 Å². The average Bonchev–Trinajstić information content (AvgIpc) is 2.49. The lowest BCUT2D eigenvalue weighted by Gasteiger charge is -2.27. The topological polar surface area (TPSA) is 49.0 Å². The number of nitrogens with one attached hydrogen (secondary N) is 1. The Labute approximate surface area is 124 Å². The Balaban J connectivity index is 1.78. The molecule has 0 spiro atoms. The zero-order chi connectivity index (χ0) is 14.7. The Kier molecular flexibility index (Phi) is 4.15. The fourth-order valence-electron chi connectivity index (χ4n) is 2.86. The van der Waals surface area contributed by atoms with E-state index in [1.54, 1.807) is 0 Å². The minimum Gasteiger partial charge on any atom is -0.310 e. The third-order valence-electron chi connectivity index (χ3n) is 3.93. The quantitative estimate of drug-likeness (QED) is 0.936. The second kappa shape index (κ2) is 6.22. The van der Waals surface area contributed by atoms with Gasteiger partial charge in [0.05, 0.1) is 11.3 Å². The standard InChI is InChI=1S/C17H21N3O/c1-2-6-16-18-15-9-10-20(12-14(15)17(21)19-16)11-13-7-4-3-5-8-13/h3-5,7-8H,2,6,9-12H2,1H3,(H,18,19,21). The highest BCUT2D eigenvalue weighted by Gasteiger charge is 2.20. The highest BCUT2D eigenvalue weighted by Crippen LogP contribution is 2.16. The number of fused-ring (bicyclic) bond motifs is 1. The van der Waals surface area contributed by atoms with E-state index < -0.39 is 0 Å². The van der Waals surface area contributed by atoms with E-state index in [4.69, 9.17) is 0 Å². The maximum Gasteiger partial charge on any atom is 0.255 e. The molecule has 0 radical (unpaired) electrons. The Morgan fingerprint density at radius 1 is 1.29 bits per heavy atom. The Bertz CT molecular complexity index is 663. The third-order valence-corrected chi connectivity index (χ3v) is 3.93. The Hall–Kier alpha value is -1.94. The van der Waals surface area contributed by atoms with Crippen LogP contribution in [-0.4, -0.2) is 21.4 Å². The van der Waals surface area contributed by atoms with Crippen LogP contribution in [0, 0.1) is 0 Å². The van der Waals surface area contributed by atoms with Crippen LogP contribution in [0.1, 0.15) is 36.0 Å². The molecular formula is C17H21N3O. The lowest BCUT2D eigenvalue weighted by Crippen LogP contribution is -2.35. The van der Waals surface area contributed by atoms with Crippen LogP contribution in [0.25, 0.3) is 0 Å². The van der Waals surface area contributed by atoms with E-state index in [9.17, 15) is 4.79 Å². The summed E-state index contributed by atoms with van der Waals surface area (Å²) in [4.78, 5) is 22.1. The van der Waals surface area contributed by atoms with Gasteiger partial charge >= 0.3 is 0 Å². The molecule has 1 aromatic carbocycles. The summed E-state index contributed by atoms with van der Waals surface area (Å²) in [6, 6.07) is 10.4. The van der Waals surface area contributed by atoms with E-state index in [1.807, 2.05) is 6.07 Å². The molecule has 21 heavy (non-hydrogen) atoms. The minimum atomic E-state index is 0.0428. The van der Waals surface area contributed by atoms with Crippen LogP contribution in [0.5, 0.6) is 0 Å². The molecule has 110 valence electrons. The van der Waals surface area contributed by atoms with Crippen LogP contribution in [0.15, 0.2) is 35.1 Å². The van der Waals surface area contributed by atoms with E-state index in [-0.39, 0.29) is 5.56 Å². The maximum absolute atomic E-state index is 12.2. The van der Waals surface area contributed by atoms with Gasteiger partial charge in [0, 0.05) is 32.5 Å². The molecule has 4 nitrogen and oxygen atoms in total. The maximum atomic E-state index is 12.2. The largest absolute Gasteiger partial charge is 0.310 e. The van der Waals surface area contributed by atoms with Crippen LogP contribution in [0.3, 0.4) is 0 Å². The van der Waals surface area contributed by atoms with Crippen LogP contribution in [0.4, 0.5) is 0 Å². The summed E-state index contributed by atoms with van der Waals surface area (Å²) in [5.41, 5.74) is 3.16. The number of hydrogen-bond donors (Lipinski definition) is 1. The average molecular weight is 283 g/mol. The Morgan fingerprint density at radius 3 is 2.86 bits per heavy atom. The molecule has 0 unspecified atom stereocenters. The van der Waals surface area contributed by atoms with Gasteiger partial charge in [0.25, 0.3) is 5.56 Å². The summed E-state index contributed by atoms with van der Waals surface area (Å²) in [6.07, 6.45) is 2.71. The van der Waals surface area contributed by atoms with E-state index in [1.165, 1.54) is 5.56 Å². The number of nitrogens with zero attached hydrogens (tertiary/aromatic N) is 2. The summed E-state index contributed by atoms with van der Waals surface area (Å²) >= 11 is 0. The van der Waals surface area contributed by atoms with Crippen molar-refractivity contribution in [2.24, 2.45) is 0 Å². The van der Waals surface area contributed by atoms with Crippen molar-refractivity contribution < 1.29 is 0 Å². The number of H-pyrrole nitrogens is 1. The minimum absolute atomic E-state index is 0.0428. The first kappa shape index (κ1) is 14.0. The number of aromatic nitrogens is 2. The van der Waals surface area contributed by atoms with Crippen molar-refractivity contribution in [1.29, 1.82) is 0 Å². The molecule has 2 heterocycles. The lowest BCUT2D eigenvalue weighted by molar-refractivity contribution is 0.241. The predicted octanol–water partition coefficient (Wildman–Crippen LogP) is 2.28. The van der Waals surface area contributed by atoms with Gasteiger partial charge in [-0.25, -0.2) is 4.98 Å². The van der Waals surface area contributed by atoms with Crippen LogP contribution in [0.2, 0.25) is 0 Å². The zero-order valence-electron chi connectivity index (χ0n) is 12.4. The van der Waals surface area contributed by atoms with Crippen molar-refractivity contribution in [3.63, 3.8) is 0 Å². The smallest absolute Gasteiger partial charge is 0.255 e. The second-order valence-electron chi connectivity index (χ2n) is 5.63. The molecule has 1 N–H and O–H groups in total. The van der Waals surface area contributed by atoms with Crippen molar-refractivity contribution in [3.05, 3.63) is 63.3 Å². The molecule has 0 fully saturated rings. The van der Waals surface area contributed by atoms with Gasteiger partial charge in [0.1, 0.15) is 5.82 Å². The summed E-state index contributed by atoms with van der Waals surface area (Å²) in [7, 11) is 0. The highest BCUT2D eigenvalue weighted by molar-refractivity contribution is 5.22. The molecule has 0 aliphatic carbocycles. The third kappa shape index (κ3) is 3.22. The molecule has 1 aromatic heterocycles. The molecule has 1 aliphatic rings. The van der Waals surface area contributed by atoms with Gasteiger partial charge in [0.2, 0.25) is 0 Å². The van der Waals surface area contributed by atoms with Gasteiger partial charge in [-0.15, -0.1) is 0 Å². The van der Waals surface area contributed by atoms with Crippen LogP contribution < -0.4 is 5.56 Å². The van der Waals surface area contributed by atoms with Crippen LogP contribution in [-0.2, 0) is 25.9 Å². The van der Waals surface area contributed by atoms with Crippen LogP contribution >= 0.6 is 0 Å². The van der Waals surface area contributed by atoms with Gasteiger partial charge in [-0.3, -0.25) is 9.69 Å². The fourth-order valence-corrected chi connectivity index (χ4v) is 2.86. The zero-order valence-corrected chi connectivity index (χ0v) is 12.4. The SMILES string of the molecule is CCCc1nc2c(c(=O)[nH]1)CN(Cc1ccccc1)CC2. The van der Waals surface area contributed by atoms with Crippen molar-refractivity contribution in [3.8, 4) is 0 Å². The molecule has 1 aliphatic heterocycles. The van der Waals surface area contributed by atoms with E-state index in [0.717, 1.165) is 49.4 Å². The summed E-state index contributed by atoms with van der Waals surface area (Å²) in [5.74, 6) is 0.831. The van der Waals surface area contributed by atoms with E-state index in [0.29, 0.717) is 6.54 Å². The fraction of sp³-hybridized carbons (Fsp3) is 0.412. The number of hydrogen-bond acceptors (Lipinski definition) is 3. The number of aromatic amines is 1. The first-order valence-corrected chi connectivity index (χ1v) is 7.63. The first-order valence-electron chi connectivity index (χ1n) is 7.63. The predicted molar refractivity (Wildman–Crippen MR) is 83.1 cm³/mol. The van der Waals surface area contributed by atoms with Crippen molar-refractivity contribution in [1.82, 2.24) is 14.9 Å². The number of aryl methyl sites for hydroxylation is 1. The molecule has 2 aromatic rings. The van der Waals surface area contributed by atoms with Crippen molar-refractivity contribution in [2.45, 2.75) is 39.3 Å². The number of rotatable bonds is 4. The summed E-state index contributed by atoms with van der Waals surface area (Å²) in [5, 5.41) is 0. The molecule has 4 heteroatoms. The summed E-state index contributed by atoms with van der Waals surface area (Å²) < 4.78 is 0. The van der Waals surface area contributed by atoms with Gasteiger partial charge in [-0.1, -0.05) is 37.3 Å². The van der Waals surface area contributed by atoms with Gasteiger partial charge in [-0.2, -0.15) is 0 Å². The molecule has 0 amide bonds. The van der Waals surface area contributed by atoms with Gasteiger partial charge in [-0.05, 0) is 12.0 Å². The monoisotopic (exact) mass is 283 g/mol. The summed E-state index contributed by atoms with van der Waals surface area (Å²) in [6.45, 7) is 4.64. The lowest BCUT2D eigenvalue weighted by atomic mass is 10.1. The molecule has 0 saturated heterocycles. The normalized spacial score (nSPS) is 14.9. The molecule has 0 atom stereocenters. The Morgan fingerprint density at radius 2 is 2.10 bits per heavy atom. The van der Waals surface area contributed by atoms with E-state index in [2.05, 4.69) is 46.1 Å². The van der Waals surface area contributed by atoms with E-state index >= 15 is 0 Å². The van der Waals surface area contributed by atoms with Crippen molar-refractivity contribution in [2.75, 3.05) is 6.54 Å². The molecule has 0 bridgehead atoms. The molecular weight excluding hydrogens is 262 g/mol. The highest BCUT2D eigenvalue weighted by atomic mass is 16.1. The first-order chi connectivity index (χ1) is 10.3. The molecule has 3 rings (SSSR count). The number of benzene rings is 1. The van der Waals surface area contributed by atoms with Crippen molar-refractivity contribution >= 4 is 0 Å². The van der Waals surface area contributed by atoms with Gasteiger partial charge < -0.3 is 4.98 Å². The molecule has 0 saturated carbocycles.